The summed E-state index contributed by atoms with van der Waals surface area (Å²) in [6.07, 6.45) is 10.1. The van der Waals surface area contributed by atoms with E-state index in [1.807, 2.05) is 30.3 Å². The number of nitrogens with zero attached hydrogens (tertiary/aromatic N) is 4. The van der Waals surface area contributed by atoms with Crippen LogP contribution in [0.5, 0.6) is 28.7 Å². The molecule has 3 aliphatic heterocycles. The molecule has 70 heavy (non-hydrogen) atoms. The van der Waals surface area contributed by atoms with E-state index in [0.29, 0.717) is 78.5 Å². The lowest BCUT2D eigenvalue weighted by molar-refractivity contribution is -0.384. The first-order valence-corrected chi connectivity index (χ1v) is 24.2. The Morgan fingerprint density at radius 2 is 1.74 bits per heavy atom. The van der Waals surface area contributed by atoms with Gasteiger partial charge in [-0.25, -0.2) is 0 Å². The number of rotatable bonds is 20. The molecule has 16 heteroatoms. The minimum Gasteiger partial charge on any atom is -0.459 e. The van der Waals surface area contributed by atoms with Crippen molar-refractivity contribution < 1.29 is 53.2 Å². The third kappa shape index (κ3) is 10.1. The number of nitro groups is 1. The number of non-ortho nitro benzene ring substituents is 1. The Kier molecular flexibility index (Phi) is 15.1. The largest absolute Gasteiger partial charge is 0.459 e. The standard InChI is InChI=1S/C54H58N4O12/c1-2-25-67-54-49(57(53(61)37-18-15-35(32-55)16-19-37)33-36-17-21-47-48(27-36)66-34-65-47)31-45(56-70-50-14-5-8-26-64-50)43-28-38(10-3-6-23-59)42(13-4-7-24-60)51(52(43)54)44-30-41(20-22-46(44)69-54)68-40-12-9-11-39(29-40)58(62)63/h2,9,11-12,15-22,27-30,38,42,49-52,59-60H,1,3-8,10,13-14,23-26,31,33-34H2/t38-,42+,49-,50?,51+,52+,54+/m0/s1. The molecular weight excluding hydrogens is 897 g/mol. The zero-order valence-electron chi connectivity index (χ0n) is 39.0. The Hall–Kier alpha value is -6.77. The maximum atomic E-state index is 15.5. The summed E-state index contributed by atoms with van der Waals surface area (Å²) in [7, 11) is 0. The van der Waals surface area contributed by atoms with E-state index in [4.69, 9.17) is 38.4 Å². The fraction of sp³-hybridized carbons (Fsp3) is 0.426. The summed E-state index contributed by atoms with van der Waals surface area (Å²) in [5.74, 6) is -0.706. The number of oxime groups is 1. The number of carbonyl (C=O) groups is 1. The highest BCUT2D eigenvalue weighted by molar-refractivity contribution is 6.03. The monoisotopic (exact) mass is 954 g/mol. The summed E-state index contributed by atoms with van der Waals surface area (Å²) in [5, 5.41) is 46.6. The van der Waals surface area contributed by atoms with Gasteiger partial charge in [-0.15, -0.1) is 6.58 Å². The fourth-order valence-electron chi connectivity index (χ4n) is 10.8. The van der Waals surface area contributed by atoms with Gasteiger partial charge in [-0.2, -0.15) is 5.26 Å². The third-order valence-electron chi connectivity index (χ3n) is 14.0. The molecule has 0 radical (unpaired) electrons. The molecule has 5 aliphatic rings. The highest BCUT2D eigenvalue weighted by atomic mass is 16.8. The number of nitriles is 1. The van der Waals surface area contributed by atoms with Crippen molar-refractivity contribution >= 4 is 17.3 Å². The number of amides is 1. The third-order valence-corrected chi connectivity index (χ3v) is 14.0. The van der Waals surface area contributed by atoms with Crippen molar-refractivity contribution in [3.8, 4) is 34.8 Å². The van der Waals surface area contributed by atoms with E-state index in [-0.39, 0.29) is 74.7 Å². The average molecular weight is 955 g/mol. The number of aliphatic hydroxyl groups excluding tert-OH is 2. The Morgan fingerprint density at radius 1 is 0.957 bits per heavy atom. The molecule has 7 atom stereocenters. The molecule has 0 aromatic heterocycles. The van der Waals surface area contributed by atoms with Gasteiger partial charge in [-0.3, -0.25) is 14.9 Å². The molecule has 2 fully saturated rings. The predicted octanol–water partition coefficient (Wildman–Crippen LogP) is 9.49. The summed E-state index contributed by atoms with van der Waals surface area (Å²) in [4.78, 5) is 34.9. The summed E-state index contributed by atoms with van der Waals surface area (Å²) in [6, 6.07) is 24.9. The number of carbonyl (C=O) groups excluding carboxylic acids is 1. The molecule has 0 bridgehead atoms. The van der Waals surface area contributed by atoms with E-state index < -0.39 is 29.0 Å². The molecule has 366 valence electrons. The van der Waals surface area contributed by atoms with Crippen LogP contribution < -0.4 is 18.9 Å². The van der Waals surface area contributed by atoms with Crippen molar-refractivity contribution in [2.75, 3.05) is 33.2 Å². The van der Waals surface area contributed by atoms with E-state index in [2.05, 4.69) is 18.7 Å². The first kappa shape index (κ1) is 48.3. The summed E-state index contributed by atoms with van der Waals surface area (Å²) in [5.41, 5.74) is 3.65. The average Bonchev–Trinajstić information content (AvgIpc) is 3.86. The van der Waals surface area contributed by atoms with Crippen LogP contribution in [0.2, 0.25) is 0 Å². The Morgan fingerprint density at radius 3 is 2.50 bits per heavy atom. The highest BCUT2D eigenvalue weighted by Crippen LogP contribution is 2.62. The van der Waals surface area contributed by atoms with Gasteiger partial charge in [-0.05, 0) is 122 Å². The van der Waals surface area contributed by atoms with E-state index in [1.54, 1.807) is 53.4 Å². The summed E-state index contributed by atoms with van der Waals surface area (Å²) < 4.78 is 38.6. The van der Waals surface area contributed by atoms with Crippen molar-refractivity contribution in [1.82, 2.24) is 4.90 Å². The number of fused-ring (bicyclic) bond motifs is 3. The van der Waals surface area contributed by atoms with E-state index >= 15 is 4.79 Å². The van der Waals surface area contributed by atoms with Crippen molar-refractivity contribution in [2.24, 2.45) is 22.9 Å². The predicted molar refractivity (Wildman–Crippen MR) is 256 cm³/mol. The van der Waals surface area contributed by atoms with Crippen molar-refractivity contribution in [3.63, 3.8) is 0 Å². The molecule has 0 spiro atoms. The number of hydrogen-bond acceptors (Lipinski definition) is 14. The zero-order valence-corrected chi connectivity index (χ0v) is 39.0. The first-order chi connectivity index (χ1) is 34.2. The summed E-state index contributed by atoms with van der Waals surface area (Å²) in [6.45, 7) is 4.87. The molecular formula is C54H58N4O12. The van der Waals surface area contributed by atoms with E-state index in [9.17, 15) is 25.6 Å². The molecule has 2 N–H and O–H groups in total. The van der Waals surface area contributed by atoms with Gasteiger partial charge >= 0.3 is 0 Å². The number of unbranched alkanes of at least 4 members (excludes halogenated alkanes) is 2. The molecule has 1 saturated heterocycles. The van der Waals surface area contributed by atoms with Crippen LogP contribution in [-0.2, 0) is 20.9 Å². The molecule has 1 unspecified atom stereocenters. The maximum absolute atomic E-state index is 15.5. The van der Waals surface area contributed by atoms with E-state index in [0.717, 1.165) is 42.4 Å². The number of allylic oxidation sites excluding steroid dienone is 1. The van der Waals surface area contributed by atoms with Gasteiger partial charge in [0.2, 0.25) is 18.9 Å². The number of nitro benzene ring substituents is 1. The number of hydrogen-bond donors (Lipinski definition) is 2. The van der Waals surface area contributed by atoms with Crippen LogP contribution in [0, 0.1) is 39.2 Å². The Labute approximate surface area is 406 Å². The zero-order chi connectivity index (χ0) is 48.6. The van der Waals surface area contributed by atoms with Crippen LogP contribution in [0.25, 0.3) is 0 Å². The second-order valence-electron chi connectivity index (χ2n) is 18.3. The molecule has 9 rings (SSSR count). The van der Waals surface area contributed by atoms with Crippen molar-refractivity contribution in [2.45, 2.75) is 94.8 Å². The Bertz CT molecular complexity index is 2640. The molecule has 1 saturated carbocycles. The van der Waals surface area contributed by atoms with Crippen LogP contribution >= 0.6 is 0 Å². The minimum atomic E-state index is -1.59. The van der Waals surface area contributed by atoms with Gasteiger partial charge in [0, 0.05) is 55.7 Å². The van der Waals surface area contributed by atoms with Crippen molar-refractivity contribution in [3.05, 3.63) is 142 Å². The molecule has 16 nitrogen and oxygen atoms in total. The maximum Gasteiger partial charge on any atom is 0.273 e. The Balaban J connectivity index is 1.26. The SMILES string of the molecule is C=CCO[C@@]12Oc3ccc(Oc4cccc([N+](=O)[O-])c4)cc3[C@H]3[C@H](CCCCO)[C@@H](CCCCO)C=C(C(=NOC4CCCCO4)C[C@@H]1N(Cc1ccc4c(c1)OCO4)C(=O)c1ccc(C#N)cc1)[C@H]32. The van der Waals surface area contributed by atoms with Crippen LogP contribution in [0.4, 0.5) is 5.69 Å². The van der Waals surface area contributed by atoms with Crippen LogP contribution in [-0.4, -0.2) is 83.0 Å². The summed E-state index contributed by atoms with van der Waals surface area (Å²) >= 11 is 0. The van der Waals surface area contributed by atoms with Crippen LogP contribution in [0.1, 0.15) is 97.2 Å². The number of benzene rings is 4. The van der Waals surface area contributed by atoms with Crippen LogP contribution in [0.3, 0.4) is 0 Å². The van der Waals surface area contributed by atoms with Crippen LogP contribution in [0.15, 0.2) is 114 Å². The van der Waals surface area contributed by atoms with Gasteiger partial charge in [0.1, 0.15) is 23.3 Å². The quantitative estimate of drug-likeness (QED) is 0.0367. The van der Waals surface area contributed by atoms with Crippen molar-refractivity contribution in [1.29, 1.82) is 5.26 Å². The smallest absolute Gasteiger partial charge is 0.273 e. The molecule has 4 aromatic carbocycles. The van der Waals surface area contributed by atoms with Gasteiger partial charge in [0.15, 0.2) is 11.5 Å². The molecule has 1 amide bonds. The molecule has 2 aliphatic carbocycles. The topological polar surface area (TPSA) is 205 Å². The minimum absolute atomic E-state index is 0.0239. The van der Waals surface area contributed by atoms with Gasteiger partial charge in [0.25, 0.3) is 11.6 Å². The van der Waals surface area contributed by atoms with Gasteiger partial charge in [0.05, 0.1) is 47.5 Å². The normalized spacial score (nSPS) is 24.5. The number of aliphatic hydroxyl groups is 2. The van der Waals surface area contributed by atoms with Gasteiger partial charge < -0.3 is 48.4 Å². The van der Waals surface area contributed by atoms with Gasteiger partial charge in [-0.1, -0.05) is 42.3 Å². The first-order valence-electron chi connectivity index (χ1n) is 24.2. The fourth-order valence-corrected chi connectivity index (χ4v) is 10.8. The molecule has 3 heterocycles. The lowest BCUT2D eigenvalue weighted by Crippen LogP contribution is -2.70. The lowest BCUT2D eigenvalue weighted by Gasteiger charge is -2.60. The highest BCUT2D eigenvalue weighted by Gasteiger charge is 2.65. The van der Waals surface area contributed by atoms with E-state index in [1.165, 1.54) is 12.1 Å². The lowest BCUT2D eigenvalue weighted by atomic mass is 9.55. The molecule has 4 aromatic rings. The second-order valence-corrected chi connectivity index (χ2v) is 18.3. The number of ether oxygens (including phenoxy) is 6. The second kappa shape index (κ2) is 21.9.